The van der Waals surface area contributed by atoms with Crippen LogP contribution >= 0.6 is 0 Å². The zero-order valence-electron chi connectivity index (χ0n) is 7.75. The third-order valence-corrected chi connectivity index (χ3v) is 2.33. The van der Waals surface area contributed by atoms with E-state index in [1.165, 1.54) is 12.8 Å². The molecule has 2 N–H and O–H groups in total. The topological polar surface area (TPSA) is 46.3 Å². The summed E-state index contributed by atoms with van der Waals surface area (Å²) in [5.74, 6) is 0.710. The average molecular weight is 170 g/mol. The highest BCUT2D eigenvalue weighted by Crippen LogP contribution is 2.29. The molecule has 0 saturated heterocycles. The summed E-state index contributed by atoms with van der Waals surface area (Å²) in [6, 6.07) is 0. The van der Waals surface area contributed by atoms with Crippen LogP contribution in [0.1, 0.15) is 26.2 Å². The van der Waals surface area contributed by atoms with Crippen LogP contribution in [0.3, 0.4) is 0 Å². The van der Waals surface area contributed by atoms with Crippen molar-refractivity contribution in [2.75, 3.05) is 19.6 Å². The molecule has 0 heterocycles. The van der Waals surface area contributed by atoms with Gasteiger partial charge in [0.25, 0.3) is 0 Å². The molecule has 12 heavy (non-hydrogen) atoms. The van der Waals surface area contributed by atoms with Gasteiger partial charge in [0.1, 0.15) is 0 Å². The molecule has 1 fully saturated rings. The van der Waals surface area contributed by atoms with Crippen molar-refractivity contribution in [1.29, 1.82) is 0 Å². The normalized spacial score (nSPS) is 16.8. The average Bonchev–Trinajstić information content (AvgIpc) is 2.81. The lowest BCUT2D eigenvalue weighted by Crippen LogP contribution is -2.29. The maximum Gasteiger partial charge on any atom is 0.218 e. The molecule has 1 saturated carbocycles. The predicted octanol–water partition coefficient (Wildman–Crippen LogP) is 0.594. The van der Waals surface area contributed by atoms with E-state index >= 15 is 0 Å². The number of carbonyl (C=O) groups excluding carboxylic acids is 1. The molecule has 1 aliphatic carbocycles. The van der Waals surface area contributed by atoms with Gasteiger partial charge >= 0.3 is 0 Å². The summed E-state index contributed by atoms with van der Waals surface area (Å²) in [7, 11) is 0. The van der Waals surface area contributed by atoms with E-state index in [4.69, 9.17) is 5.73 Å². The lowest BCUT2D eigenvalue weighted by molar-refractivity contribution is -0.118. The predicted molar refractivity (Wildman–Crippen MR) is 48.6 cm³/mol. The molecule has 0 spiro atoms. The summed E-state index contributed by atoms with van der Waals surface area (Å²) in [5.41, 5.74) is 5.08. The number of primary amides is 1. The first-order valence-corrected chi connectivity index (χ1v) is 4.73. The molecular weight excluding hydrogens is 152 g/mol. The highest BCUT2D eigenvalue weighted by molar-refractivity contribution is 5.73. The van der Waals surface area contributed by atoms with Gasteiger partial charge in [-0.3, -0.25) is 4.79 Å². The standard InChI is InChI=1S/C9H18N2O/c1-2-11(6-5-9(10)12)7-8-3-4-8/h8H,2-7H2,1H3,(H2,10,12). The van der Waals surface area contributed by atoms with Gasteiger partial charge in [-0.25, -0.2) is 0 Å². The van der Waals surface area contributed by atoms with Crippen molar-refractivity contribution in [3.63, 3.8) is 0 Å². The number of amides is 1. The van der Waals surface area contributed by atoms with E-state index in [0.29, 0.717) is 6.42 Å². The second-order valence-corrected chi connectivity index (χ2v) is 3.55. The molecule has 3 nitrogen and oxygen atoms in total. The van der Waals surface area contributed by atoms with Crippen LogP contribution in [0.15, 0.2) is 0 Å². The Hall–Kier alpha value is -0.570. The van der Waals surface area contributed by atoms with Crippen LogP contribution in [-0.2, 0) is 4.79 Å². The first kappa shape index (κ1) is 9.52. The Labute approximate surface area is 73.9 Å². The summed E-state index contributed by atoms with van der Waals surface area (Å²) in [6.07, 6.45) is 3.24. The van der Waals surface area contributed by atoms with Gasteiger partial charge in [0.2, 0.25) is 5.91 Å². The van der Waals surface area contributed by atoms with E-state index < -0.39 is 0 Å². The zero-order valence-corrected chi connectivity index (χ0v) is 7.75. The van der Waals surface area contributed by atoms with E-state index in [1.54, 1.807) is 0 Å². The van der Waals surface area contributed by atoms with Crippen LogP contribution < -0.4 is 5.73 Å². The monoisotopic (exact) mass is 170 g/mol. The minimum absolute atomic E-state index is 0.191. The molecule has 1 rings (SSSR count). The summed E-state index contributed by atoms with van der Waals surface area (Å²) >= 11 is 0. The third-order valence-electron chi connectivity index (χ3n) is 2.33. The summed E-state index contributed by atoms with van der Waals surface area (Å²) in [5, 5.41) is 0. The Kier molecular flexibility index (Phi) is 3.53. The van der Waals surface area contributed by atoms with Gasteiger partial charge in [-0.2, -0.15) is 0 Å². The van der Waals surface area contributed by atoms with Gasteiger partial charge in [-0.05, 0) is 25.3 Å². The van der Waals surface area contributed by atoms with Crippen LogP contribution in [0.25, 0.3) is 0 Å². The number of rotatable bonds is 6. The maximum absolute atomic E-state index is 10.5. The summed E-state index contributed by atoms with van der Waals surface area (Å²) < 4.78 is 0. The van der Waals surface area contributed by atoms with Crippen molar-refractivity contribution in [2.24, 2.45) is 11.7 Å². The largest absolute Gasteiger partial charge is 0.370 e. The Morgan fingerprint density at radius 3 is 2.67 bits per heavy atom. The Morgan fingerprint density at radius 1 is 1.58 bits per heavy atom. The fraction of sp³-hybridized carbons (Fsp3) is 0.889. The fourth-order valence-electron chi connectivity index (χ4n) is 1.31. The van der Waals surface area contributed by atoms with Gasteiger partial charge < -0.3 is 10.6 Å². The van der Waals surface area contributed by atoms with Crippen molar-refractivity contribution < 1.29 is 4.79 Å². The SMILES string of the molecule is CCN(CCC(N)=O)CC1CC1. The molecule has 70 valence electrons. The molecule has 0 aromatic heterocycles. The highest BCUT2D eigenvalue weighted by Gasteiger charge is 2.23. The lowest BCUT2D eigenvalue weighted by Gasteiger charge is -2.18. The number of carbonyl (C=O) groups is 1. The van der Waals surface area contributed by atoms with Crippen LogP contribution in [-0.4, -0.2) is 30.4 Å². The van der Waals surface area contributed by atoms with Gasteiger partial charge in [-0.15, -0.1) is 0 Å². The molecule has 1 aliphatic rings. The Bertz CT molecular complexity index is 155. The first-order valence-electron chi connectivity index (χ1n) is 4.73. The van der Waals surface area contributed by atoms with E-state index in [1.807, 2.05) is 0 Å². The van der Waals surface area contributed by atoms with Crippen molar-refractivity contribution in [3.05, 3.63) is 0 Å². The molecular formula is C9H18N2O. The molecule has 0 atom stereocenters. The van der Waals surface area contributed by atoms with Gasteiger partial charge in [0.05, 0.1) is 0 Å². The molecule has 3 heteroatoms. The number of hydrogen-bond acceptors (Lipinski definition) is 2. The maximum atomic E-state index is 10.5. The lowest BCUT2D eigenvalue weighted by atomic mass is 10.3. The van der Waals surface area contributed by atoms with E-state index in [9.17, 15) is 4.79 Å². The molecule has 0 aromatic carbocycles. The van der Waals surface area contributed by atoms with E-state index in [2.05, 4.69) is 11.8 Å². The van der Waals surface area contributed by atoms with Crippen molar-refractivity contribution in [3.8, 4) is 0 Å². The second-order valence-electron chi connectivity index (χ2n) is 3.55. The minimum Gasteiger partial charge on any atom is -0.370 e. The number of nitrogens with zero attached hydrogens (tertiary/aromatic N) is 1. The minimum atomic E-state index is -0.191. The number of hydrogen-bond donors (Lipinski definition) is 1. The summed E-state index contributed by atoms with van der Waals surface area (Å²) in [4.78, 5) is 12.8. The van der Waals surface area contributed by atoms with Crippen molar-refractivity contribution in [2.45, 2.75) is 26.2 Å². The second kappa shape index (κ2) is 4.45. The summed E-state index contributed by atoms with van der Waals surface area (Å²) in [6.45, 7) is 5.15. The smallest absolute Gasteiger partial charge is 0.218 e. The molecule has 0 aliphatic heterocycles. The van der Waals surface area contributed by atoms with Crippen LogP contribution in [0.5, 0.6) is 0 Å². The zero-order chi connectivity index (χ0) is 8.97. The van der Waals surface area contributed by atoms with Gasteiger partial charge in [0.15, 0.2) is 0 Å². The van der Waals surface area contributed by atoms with Gasteiger partial charge in [0, 0.05) is 19.5 Å². The number of nitrogens with two attached hydrogens (primary N) is 1. The van der Waals surface area contributed by atoms with Crippen molar-refractivity contribution >= 4 is 5.91 Å². The molecule has 1 amide bonds. The Morgan fingerprint density at radius 2 is 2.25 bits per heavy atom. The van der Waals surface area contributed by atoms with Crippen LogP contribution in [0, 0.1) is 5.92 Å². The van der Waals surface area contributed by atoms with E-state index in [0.717, 1.165) is 25.6 Å². The molecule has 0 aromatic rings. The van der Waals surface area contributed by atoms with Crippen LogP contribution in [0.2, 0.25) is 0 Å². The highest BCUT2D eigenvalue weighted by atomic mass is 16.1. The third kappa shape index (κ3) is 3.72. The van der Waals surface area contributed by atoms with Crippen molar-refractivity contribution in [1.82, 2.24) is 4.90 Å². The molecule has 0 bridgehead atoms. The molecule has 0 unspecified atom stereocenters. The quantitative estimate of drug-likeness (QED) is 0.634. The Balaban J connectivity index is 2.10. The van der Waals surface area contributed by atoms with Gasteiger partial charge in [-0.1, -0.05) is 6.92 Å². The van der Waals surface area contributed by atoms with Crippen LogP contribution in [0.4, 0.5) is 0 Å². The molecule has 0 radical (unpaired) electrons. The fourth-order valence-corrected chi connectivity index (χ4v) is 1.31. The first-order chi connectivity index (χ1) is 5.72. The van der Waals surface area contributed by atoms with E-state index in [-0.39, 0.29) is 5.91 Å².